The molecule has 5 heteroatoms. The minimum Gasteiger partial charge on any atom is -0.337 e. The van der Waals surface area contributed by atoms with Crippen molar-refractivity contribution in [3.8, 4) is 6.07 Å². The monoisotopic (exact) mass is 365 g/mol. The average Bonchev–Trinajstić information content (AvgIpc) is 3.52. The Morgan fingerprint density at radius 1 is 1.31 bits per heavy atom. The van der Waals surface area contributed by atoms with Crippen LogP contribution in [0.4, 0.5) is 0 Å². The van der Waals surface area contributed by atoms with E-state index in [9.17, 15) is 10.1 Å². The van der Waals surface area contributed by atoms with Crippen molar-refractivity contribution >= 4 is 17.7 Å². The first kappa shape index (κ1) is 18.5. The van der Waals surface area contributed by atoms with E-state index in [1.54, 1.807) is 11.9 Å². The number of carbonyl (C=O) groups is 1. The molecule has 0 unspecified atom stereocenters. The molecule has 4 nitrogen and oxygen atoms in total. The van der Waals surface area contributed by atoms with Crippen molar-refractivity contribution < 1.29 is 4.79 Å². The first-order chi connectivity index (χ1) is 12.6. The van der Waals surface area contributed by atoms with Crippen molar-refractivity contribution in [3.63, 3.8) is 0 Å². The number of carbonyl (C=O) groups excluding carboxylic acids is 1. The number of benzene rings is 1. The van der Waals surface area contributed by atoms with E-state index >= 15 is 0 Å². The van der Waals surface area contributed by atoms with Crippen LogP contribution in [0.15, 0.2) is 35.4 Å². The van der Waals surface area contributed by atoms with E-state index in [2.05, 4.69) is 42.2 Å². The number of rotatable bonds is 6. The Morgan fingerprint density at radius 2 is 1.96 bits per heavy atom. The third kappa shape index (κ3) is 3.91. The zero-order chi connectivity index (χ0) is 18.7. The maximum Gasteiger partial charge on any atom is 0.255 e. The summed E-state index contributed by atoms with van der Waals surface area (Å²) in [5.74, 6) is 0.313. The van der Waals surface area contributed by atoms with Gasteiger partial charge in [-0.2, -0.15) is 5.26 Å². The highest BCUT2D eigenvalue weighted by Crippen LogP contribution is 2.40. The fourth-order valence-electron chi connectivity index (χ4n) is 2.99. The summed E-state index contributed by atoms with van der Waals surface area (Å²) in [5.41, 5.74) is 4.17. The van der Waals surface area contributed by atoms with E-state index in [1.807, 2.05) is 12.3 Å². The van der Waals surface area contributed by atoms with Gasteiger partial charge in [0.05, 0.1) is 11.1 Å². The summed E-state index contributed by atoms with van der Waals surface area (Å²) in [5, 5.41) is 10.2. The Hall–Kier alpha value is -2.32. The third-order valence-electron chi connectivity index (χ3n) is 4.73. The predicted molar refractivity (Wildman–Crippen MR) is 104 cm³/mol. The van der Waals surface area contributed by atoms with Gasteiger partial charge in [-0.1, -0.05) is 31.2 Å². The van der Waals surface area contributed by atoms with Crippen molar-refractivity contribution in [2.75, 3.05) is 13.3 Å². The number of amides is 1. The summed E-state index contributed by atoms with van der Waals surface area (Å²) in [4.78, 5) is 19.3. The lowest BCUT2D eigenvalue weighted by Gasteiger charge is -2.19. The summed E-state index contributed by atoms with van der Waals surface area (Å²) in [6.45, 7) is 2.64. The SMILES string of the molecule is CCc1ccc(CN(C)C(=O)c2cc(C3CC3)nc(SC)c2C#N)cc1. The van der Waals surface area contributed by atoms with Gasteiger partial charge in [-0.3, -0.25) is 4.79 Å². The molecular weight excluding hydrogens is 342 g/mol. The standard InChI is InChI=1S/C21H23N3OS/c1-4-14-5-7-15(8-6-14)13-24(2)21(25)17-11-19(16-9-10-16)23-20(26-3)18(17)12-22/h5-8,11,16H,4,9-10,13H2,1-3H3. The van der Waals surface area contributed by atoms with Crippen LogP contribution < -0.4 is 0 Å². The largest absolute Gasteiger partial charge is 0.337 e. The van der Waals surface area contributed by atoms with Crippen LogP contribution in [-0.4, -0.2) is 29.1 Å². The number of hydrogen-bond acceptors (Lipinski definition) is 4. The summed E-state index contributed by atoms with van der Waals surface area (Å²) in [6.07, 6.45) is 5.12. The highest BCUT2D eigenvalue weighted by Gasteiger charge is 2.29. The number of aromatic nitrogens is 1. The Morgan fingerprint density at radius 3 is 2.50 bits per heavy atom. The minimum absolute atomic E-state index is 0.124. The molecule has 0 atom stereocenters. The molecule has 0 N–H and O–H groups in total. The molecule has 1 aliphatic carbocycles. The number of nitriles is 1. The zero-order valence-corrected chi connectivity index (χ0v) is 16.3. The average molecular weight is 366 g/mol. The lowest BCUT2D eigenvalue weighted by atomic mass is 10.1. The Balaban J connectivity index is 1.87. The molecule has 1 heterocycles. The minimum atomic E-state index is -0.124. The molecule has 0 saturated heterocycles. The van der Waals surface area contributed by atoms with Crippen molar-refractivity contribution in [3.05, 3.63) is 58.3 Å². The Kier molecular flexibility index (Phi) is 5.63. The van der Waals surface area contributed by atoms with Gasteiger partial charge in [0.15, 0.2) is 0 Å². The van der Waals surface area contributed by atoms with Gasteiger partial charge in [-0.05, 0) is 42.7 Å². The molecule has 1 aromatic carbocycles. The summed E-state index contributed by atoms with van der Waals surface area (Å²) >= 11 is 1.43. The number of pyridine rings is 1. The van der Waals surface area contributed by atoms with E-state index in [-0.39, 0.29) is 5.91 Å². The van der Waals surface area contributed by atoms with Crippen LogP contribution >= 0.6 is 11.8 Å². The van der Waals surface area contributed by atoms with Crippen LogP contribution in [0.1, 0.15) is 58.4 Å². The van der Waals surface area contributed by atoms with Gasteiger partial charge in [-0.15, -0.1) is 11.8 Å². The van der Waals surface area contributed by atoms with E-state index in [0.717, 1.165) is 30.5 Å². The molecule has 26 heavy (non-hydrogen) atoms. The molecule has 1 aliphatic rings. The van der Waals surface area contributed by atoms with Crippen LogP contribution in [0.2, 0.25) is 0 Å². The van der Waals surface area contributed by atoms with Crippen LogP contribution in [0.25, 0.3) is 0 Å². The molecule has 2 aromatic rings. The van der Waals surface area contributed by atoms with Crippen LogP contribution in [0.5, 0.6) is 0 Å². The molecule has 1 saturated carbocycles. The molecule has 0 bridgehead atoms. The van der Waals surface area contributed by atoms with Gasteiger partial charge in [0.2, 0.25) is 0 Å². The summed E-state index contributed by atoms with van der Waals surface area (Å²) in [6, 6.07) is 12.3. The molecule has 134 valence electrons. The second kappa shape index (κ2) is 7.92. The number of nitrogens with zero attached hydrogens (tertiary/aromatic N) is 3. The van der Waals surface area contributed by atoms with Gasteiger partial charge in [-0.25, -0.2) is 4.98 Å². The third-order valence-corrected chi connectivity index (χ3v) is 5.42. The van der Waals surface area contributed by atoms with Gasteiger partial charge >= 0.3 is 0 Å². The van der Waals surface area contributed by atoms with Gasteiger partial charge in [0.1, 0.15) is 11.1 Å². The van der Waals surface area contributed by atoms with E-state index in [0.29, 0.717) is 28.6 Å². The highest BCUT2D eigenvalue weighted by molar-refractivity contribution is 7.98. The van der Waals surface area contributed by atoms with Crippen molar-refractivity contribution in [1.29, 1.82) is 5.26 Å². The molecular formula is C21H23N3OS. The normalized spacial score (nSPS) is 13.3. The van der Waals surface area contributed by atoms with Crippen LogP contribution in [0.3, 0.4) is 0 Å². The zero-order valence-electron chi connectivity index (χ0n) is 15.5. The molecule has 0 spiro atoms. The van der Waals surface area contributed by atoms with Gasteiger partial charge < -0.3 is 4.90 Å². The molecule has 0 aliphatic heterocycles. The highest BCUT2D eigenvalue weighted by atomic mass is 32.2. The first-order valence-electron chi connectivity index (χ1n) is 8.89. The molecule has 1 fully saturated rings. The van der Waals surface area contributed by atoms with Gasteiger partial charge in [0.25, 0.3) is 5.91 Å². The topological polar surface area (TPSA) is 57.0 Å². The fourth-order valence-corrected chi connectivity index (χ4v) is 3.54. The summed E-state index contributed by atoms with van der Waals surface area (Å²) < 4.78 is 0. The summed E-state index contributed by atoms with van der Waals surface area (Å²) in [7, 11) is 1.78. The second-order valence-corrected chi connectivity index (χ2v) is 7.49. The maximum atomic E-state index is 13.1. The molecule has 3 rings (SSSR count). The number of thioether (sulfide) groups is 1. The molecule has 1 amide bonds. The first-order valence-corrected chi connectivity index (χ1v) is 10.1. The van der Waals surface area contributed by atoms with Crippen LogP contribution in [0, 0.1) is 11.3 Å². The maximum absolute atomic E-state index is 13.1. The second-order valence-electron chi connectivity index (χ2n) is 6.70. The van der Waals surface area contributed by atoms with Crippen molar-refractivity contribution in [2.45, 2.75) is 43.7 Å². The quantitative estimate of drug-likeness (QED) is 0.713. The smallest absolute Gasteiger partial charge is 0.255 e. The number of aryl methyl sites for hydroxylation is 1. The van der Waals surface area contributed by atoms with E-state index in [1.165, 1.54) is 17.3 Å². The molecule has 0 radical (unpaired) electrons. The lowest BCUT2D eigenvalue weighted by Crippen LogP contribution is -2.27. The van der Waals surface area contributed by atoms with Crippen molar-refractivity contribution in [1.82, 2.24) is 9.88 Å². The van der Waals surface area contributed by atoms with E-state index in [4.69, 9.17) is 0 Å². The Bertz CT molecular complexity index is 851. The predicted octanol–water partition coefficient (Wildman–Crippen LogP) is 4.39. The van der Waals surface area contributed by atoms with Crippen LogP contribution in [-0.2, 0) is 13.0 Å². The number of hydrogen-bond donors (Lipinski definition) is 0. The van der Waals surface area contributed by atoms with Gasteiger partial charge in [0, 0.05) is 25.2 Å². The molecule has 1 aromatic heterocycles. The Labute approximate surface area is 159 Å². The van der Waals surface area contributed by atoms with Crippen molar-refractivity contribution in [2.24, 2.45) is 0 Å². The fraction of sp³-hybridized carbons (Fsp3) is 0.381. The lowest BCUT2D eigenvalue weighted by molar-refractivity contribution is 0.0784. The van der Waals surface area contributed by atoms with E-state index < -0.39 is 0 Å².